The van der Waals surface area contributed by atoms with Crippen LogP contribution in [0.1, 0.15) is 33.6 Å². The zero-order valence-corrected chi connectivity index (χ0v) is 8.10. The summed E-state index contributed by atoms with van der Waals surface area (Å²) in [7, 11) is 0. The Hall–Kier alpha value is -0.0800. The molecule has 0 unspecified atom stereocenters. The molecule has 2 heteroatoms. The molecule has 0 bridgehead atoms. The van der Waals surface area contributed by atoms with Crippen molar-refractivity contribution in [3.8, 4) is 0 Å². The standard InChI is InChI=1S/C9H21NO/c1-4-7-8-11-9-10(5-2)6-3/h4-9H2,1-3H3. The summed E-state index contributed by atoms with van der Waals surface area (Å²) in [4.78, 5) is 2.27. The van der Waals surface area contributed by atoms with Crippen molar-refractivity contribution >= 4 is 0 Å². The molecule has 2 nitrogen and oxygen atoms in total. The van der Waals surface area contributed by atoms with Crippen LogP contribution in [0.2, 0.25) is 0 Å². The van der Waals surface area contributed by atoms with Gasteiger partial charge >= 0.3 is 0 Å². The third-order valence-corrected chi connectivity index (χ3v) is 1.81. The third-order valence-electron chi connectivity index (χ3n) is 1.81. The maximum atomic E-state index is 5.44. The molecule has 0 aromatic carbocycles. The van der Waals surface area contributed by atoms with Gasteiger partial charge in [0.05, 0.1) is 6.73 Å². The number of rotatable bonds is 7. The van der Waals surface area contributed by atoms with Crippen LogP contribution >= 0.6 is 0 Å². The quantitative estimate of drug-likeness (QED) is 0.416. The second-order valence-corrected chi connectivity index (χ2v) is 2.69. The van der Waals surface area contributed by atoms with Gasteiger partial charge in [-0.1, -0.05) is 27.2 Å². The van der Waals surface area contributed by atoms with Crippen molar-refractivity contribution in [3.05, 3.63) is 0 Å². The summed E-state index contributed by atoms with van der Waals surface area (Å²) in [5.41, 5.74) is 0. The summed E-state index contributed by atoms with van der Waals surface area (Å²) >= 11 is 0. The molecule has 0 amide bonds. The lowest BCUT2D eigenvalue weighted by molar-refractivity contribution is 0.0329. The Labute approximate surface area is 70.5 Å². The summed E-state index contributed by atoms with van der Waals surface area (Å²) < 4.78 is 5.44. The zero-order chi connectivity index (χ0) is 8.53. The van der Waals surface area contributed by atoms with Crippen LogP contribution in [0.5, 0.6) is 0 Å². The van der Waals surface area contributed by atoms with E-state index >= 15 is 0 Å². The molecular weight excluding hydrogens is 138 g/mol. The van der Waals surface area contributed by atoms with Crippen molar-refractivity contribution in [2.75, 3.05) is 26.4 Å². The summed E-state index contributed by atoms with van der Waals surface area (Å²) in [5, 5.41) is 0. The molecule has 0 aromatic rings. The van der Waals surface area contributed by atoms with E-state index < -0.39 is 0 Å². The monoisotopic (exact) mass is 159 g/mol. The molecule has 0 fully saturated rings. The molecule has 0 aliphatic heterocycles. The minimum absolute atomic E-state index is 0.799. The predicted octanol–water partition coefficient (Wildman–Crippen LogP) is 2.10. The second-order valence-electron chi connectivity index (χ2n) is 2.69. The molecule has 0 heterocycles. The van der Waals surface area contributed by atoms with Crippen molar-refractivity contribution < 1.29 is 4.74 Å². The van der Waals surface area contributed by atoms with Crippen molar-refractivity contribution in [1.82, 2.24) is 4.90 Å². The van der Waals surface area contributed by atoms with Crippen LogP contribution in [0.15, 0.2) is 0 Å². The van der Waals surface area contributed by atoms with Crippen LogP contribution in [0.3, 0.4) is 0 Å². The van der Waals surface area contributed by atoms with E-state index in [4.69, 9.17) is 4.74 Å². The molecule has 0 aromatic heterocycles. The van der Waals surface area contributed by atoms with E-state index in [2.05, 4.69) is 25.7 Å². The second kappa shape index (κ2) is 8.02. The SMILES string of the molecule is CCCCOCN(CC)CC. The van der Waals surface area contributed by atoms with Crippen LogP contribution in [-0.2, 0) is 4.74 Å². The maximum Gasteiger partial charge on any atom is 0.0990 e. The average Bonchev–Trinajstić information content (AvgIpc) is 2.05. The number of hydrogen-bond acceptors (Lipinski definition) is 2. The fourth-order valence-electron chi connectivity index (χ4n) is 0.846. The van der Waals surface area contributed by atoms with Crippen LogP contribution < -0.4 is 0 Å². The van der Waals surface area contributed by atoms with Crippen LogP contribution in [0.25, 0.3) is 0 Å². The lowest BCUT2D eigenvalue weighted by Gasteiger charge is -2.17. The predicted molar refractivity (Wildman–Crippen MR) is 48.6 cm³/mol. The van der Waals surface area contributed by atoms with Crippen molar-refractivity contribution in [3.63, 3.8) is 0 Å². The highest BCUT2D eigenvalue weighted by Gasteiger charge is 1.96. The first kappa shape index (κ1) is 10.9. The Morgan fingerprint density at radius 2 is 1.73 bits per heavy atom. The number of nitrogens with zero attached hydrogens (tertiary/aromatic N) is 1. The molecule has 0 aliphatic rings. The Morgan fingerprint density at radius 3 is 2.18 bits per heavy atom. The Kier molecular flexibility index (Phi) is 7.96. The summed E-state index contributed by atoms with van der Waals surface area (Å²) in [6.07, 6.45) is 2.40. The zero-order valence-electron chi connectivity index (χ0n) is 8.10. The van der Waals surface area contributed by atoms with E-state index in [1.165, 1.54) is 12.8 Å². The lowest BCUT2D eigenvalue weighted by Crippen LogP contribution is -2.25. The highest BCUT2D eigenvalue weighted by Crippen LogP contribution is 1.91. The third kappa shape index (κ3) is 6.32. The summed E-state index contributed by atoms with van der Waals surface area (Å²) in [5.74, 6) is 0. The summed E-state index contributed by atoms with van der Waals surface area (Å²) in [6.45, 7) is 10.4. The van der Waals surface area contributed by atoms with Crippen molar-refractivity contribution in [2.24, 2.45) is 0 Å². The fraction of sp³-hybridized carbons (Fsp3) is 1.00. The van der Waals surface area contributed by atoms with Gasteiger partial charge in [-0.05, 0) is 19.5 Å². The largest absolute Gasteiger partial charge is 0.366 e. The fourth-order valence-corrected chi connectivity index (χ4v) is 0.846. The Morgan fingerprint density at radius 1 is 1.09 bits per heavy atom. The van der Waals surface area contributed by atoms with E-state index in [9.17, 15) is 0 Å². The van der Waals surface area contributed by atoms with E-state index in [1.807, 2.05) is 0 Å². The highest BCUT2D eigenvalue weighted by atomic mass is 16.5. The highest BCUT2D eigenvalue weighted by molar-refractivity contribution is 4.43. The van der Waals surface area contributed by atoms with Gasteiger partial charge in [0.25, 0.3) is 0 Å². The topological polar surface area (TPSA) is 12.5 Å². The first-order valence-corrected chi connectivity index (χ1v) is 4.65. The van der Waals surface area contributed by atoms with Crippen LogP contribution in [-0.4, -0.2) is 31.3 Å². The van der Waals surface area contributed by atoms with Gasteiger partial charge in [0.2, 0.25) is 0 Å². The summed E-state index contributed by atoms with van der Waals surface area (Å²) in [6, 6.07) is 0. The van der Waals surface area contributed by atoms with Gasteiger partial charge in [-0.3, -0.25) is 4.90 Å². The molecule has 0 saturated heterocycles. The van der Waals surface area contributed by atoms with Crippen molar-refractivity contribution in [1.29, 1.82) is 0 Å². The van der Waals surface area contributed by atoms with Gasteiger partial charge < -0.3 is 4.74 Å². The number of hydrogen-bond donors (Lipinski definition) is 0. The van der Waals surface area contributed by atoms with Gasteiger partial charge in [-0.15, -0.1) is 0 Å². The molecule has 0 rings (SSSR count). The van der Waals surface area contributed by atoms with Crippen LogP contribution in [0.4, 0.5) is 0 Å². The lowest BCUT2D eigenvalue weighted by atomic mass is 10.4. The van der Waals surface area contributed by atoms with Gasteiger partial charge in [-0.2, -0.15) is 0 Å². The minimum Gasteiger partial charge on any atom is -0.366 e. The van der Waals surface area contributed by atoms with Gasteiger partial charge in [-0.25, -0.2) is 0 Å². The minimum atomic E-state index is 0.799. The molecule has 0 radical (unpaired) electrons. The first-order chi connectivity index (χ1) is 5.35. The number of unbranched alkanes of at least 4 members (excludes halogenated alkanes) is 1. The molecular formula is C9H21NO. The Bertz CT molecular complexity index is 72.0. The molecule has 0 aliphatic carbocycles. The molecule has 68 valence electrons. The normalized spacial score (nSPS) is 10.9. The Balaban J connectivity index is 3.07. The number of ether oxygens (including phenoxy) is 1. The average molecular weight is 159 g/mol. The van der Waals surface area contributed by atoms with E-state index in [0.29, 0.717) is 0 Å². The molecule has 0 spiro atoms. The van der Waals surface area contributed by atoms with E-state index in [0.717, 1.165) is 26.4 Å². The molecule has 0 atom stereocenters. The first-order valence-electron chi connectivity index (χ1n) is 4.65. The van der Waals surface area contributed by atoms with Gasteiger partial charge in [0, 0.05) is 6.61 Å². The van der Waals surface area contributed by atoms with E-state index in [-0.39, 0.29) is 0 Å². The molecule has 0 N–H and O–H groups in total. The van der Waals surface area contributed by atoms with Crippen LogP contribution in [0, 0.1) is 0 Å². The van der Waals surface area contributed by atoms with Crippen molar-refractivity contribution in [2.45, 2.75) is 33.6 Å². The van der Waals surface area contributed by atoms with Gasteiger partial charge in [0.1, 0.15) is 0 Å². The maximum absolute atomic E-state index is 5.44. The van der Waals surface area contributed by atoms with E-state index in [1.54, 1.807) is 0 Å². The molecule has 11 heavy (non-hydrogen) atoms. The van der Waals surface area contributed by atoms with Gasteiger partial charge in [0.15, 0.2) is 0 Å². The smallest absolute Gasteiger partial charge is 0.0990 e. The molecule has 0 saturated carbocycles.